The lowest BCUT2D eigenvalue weighted by Crippen LogP contribution is -2.58. The topological polar surface area (TPSA) is 98.8 Å². The molecule has 2 N–H and O–H groups in total. The van der Waals surface area contributed by atoms with Crippen LogP contribution >= 0.6 is 11.6 Å². The van der Waals surface area contributed by atoms with E-state index in [-0.39, 0.29) is 34.5 Å². The van der Waals surface area contributed by atoms with Crippen LogP contribution in [0.15, 0.2) is 72.4 Å². The fourth-order valence-electron chi connectivity index (χ4n) is 6.35. The van der Waals surface area contributed by atoms with Crippen LogP contribution in [0, 0.1) is 17.2 Å². The van der Waals surface area contributed by atoms with Crippen LogP contribution in [0.4, 0.5) is 8.78 Å². The largest absolute Gasteiger partial charge is 0.481 e. The molecule has 1 saturated carbocycles. The highest BCUT2D eigenvalue weighted by Crippen LogP contribution is 2.68. The van der Waals surface area contributed by atoms with Crippen LogP contribution in [-0.4, -0.2) is 64.5 Å². The van der Waals surface area contributed by atoms with E-state index >= 15 is 0 Å². The van der Waals surface area contributed by atoms with E-state index in [4.69, 9.17) is 21.1 Å². The number of nitriles is 1. The number of pyridine rings is 1. The second-order valence-corrected chi connectivity index (χ2v) is 10.6. The molecule has 1 aromatic carbocycles. The normalized spacial score (nSPS) is 31.2. The van der Waals surface area contributed by atoms with Gasteiger partial charge < -0.3 is 19.7 Å². The monoisotopic (exact) mass is 555 g/mol. The van der Waals surface area contributed by atoms with Gasteiger partial charge in [-0.2, -0.15) is 5.26 Å². The third kappa shape index (κ3) is 4.05. The summed E-state index contributed by atoms with van der Waals surface area (Å²) in [5.74, 6) is -4.20. The van der Waals surface area contributed by atoms with Gasteiger partial charge in [-0.05, 0) is 24.1 Å². The first-order valence-corrected chi connectivity index (χ1v) is 12.8. The number of aliphatic hydroxyl groups is 2. The lowest BCUT2D eigenvalue weighted by molar-refractivity contribution is -0.148. The number of methoxy groups -OCH3 is 1. The maximum absolute atomic E-state index is 13.8. The molecular formula is C29H28ClF2N3O4. The average Bonchev–Trinajstić information content (AvgIpc) is 3.26. The number of fused-ring (bicyclic) bond motifs is 3. The molecule has 0 unspecified atom stereocenters. The summed E-state index contributed by atoms with van der Waals surface area (Å²) in [6.45, 7) is 5.13. The summed E-state index contributed by atoms with van der Waals surface area (Å²) in [6.07, 6.45) is 3.23. The highest BCUT2D eigenvalue weighted by Gasteiger charge is 2.77. The van der Waals surface area contributed by atoms with Crippen LogP contribution < -0.4 is 9.47 Å². The first-order chi connectivity index (χ1) is 18.5. The number of hydrogen-bond acceptors (Lipinski definition) is 7. The molecule has 3 heterocycles. The molecule has 10 heteroatoms. The first-order valence-electron chi connectivity index (χ1n) is 12.5. The minimum Gasteiger partial charge on any atom is -0.481 e. The number of benzene rings is 1. The molecule has 39 heavy (non-hydrogen) atoms. The zero-order valence-electron chi connectivity index (χ0n) is 21.4. The Morgan fingerprint density at radius 3 is 2.62 bits per heavy atom. The molecule has 1 aliphatic carbocycles. The second-order valence-electron chi connectivity index (χ2n) is 10.2. The van der Waals surface area contributed by atoms with Crippen molar-refractivity contribution in [2.75, 3.05) is 26.7 Å². The predicted molar refractivity (Wildman–Crippen MR) is 141 cm³/mol. The zero-order valence-corrected chi connectivity index (χ0v) is 22.2. The number of ether oxygens (including phenoxy) is 2. The van der Waals surface area contributed by atoms with Crippen LogP contribution in [0.3, 0.4) is 0 Å². The molecular weight excluding hydrogens is 528 g/mol. The van der Waals surface area contributed by atoms with Gasteiger partial charge >= 0.3 is 0 Å². The third-order valence-electron chi connectivity index (χ3n) is 7.95. The molecule has 0 spiro atoms. The van der Waals surface area contributed by atoms with Crippen LogP contribution in [0.25, 0.3) is 0 Å². The number of likely N-dealkylation sites (tertiary alicyclic amines) is 1. The summed E-state index contributed by atoms with van der Waals surface area (Å²) in [7, 11) is 1.36. The Kier molecular flexibility index (Phi) is 6.80. The number of alkyl halides is 2. The van der Waals surface area contributed by atoms with E-state index in [1.54, 1.807) is 30.1 Å². The molecule has 2 aliphatic heterocycles. The highest BCUT2D eigenvalue weighted by molar-refractivity contribution is 6.29. The van der Waals surface area contributed by atoms with Crippen molar-refractivity contribution in [2.24, 2.45) is 5.92 Å². The number of halogens is 3. The van der Waals surface area contributed by atoms with E-state index in [0.717, 1.165) is 0 Å². The van der Waals surface area contributed by atoms with Gasteiger partial charge in [0.15, 0.2) is 11.2 Å². The van der Waals surface area contributed by atoms with Gasteiger partial charge in [0.05, 0.1) is 37.9 Å². The Hall–Kier alpha value is -3.29. The molecule has 0 radical (unpaired) electrons. The molecule has 5 rings (SSSR count). The number of aliphatic hydroxyl groups excluding tert-OH is 1. The molecule has 1 aromatic heterocycles. The first kappa shape index (κ1) is 27.3. The SMILES string of the molecule is C=C(/C=C\C(C#N)=C/C)[C@@]12Oc3cc(Cl)nc(OC)c3[C@]1(O)[C@H](O)[C@H](CN1CC(F)(F)C1)[C@H]2c1ccccc1. The Morgan fingerprint density at radius 2 is 2.03 bits per heavy atom. The fraction of sp³-hybridized carbons (Fsp3) is 0.379. The summed E-state index contributed by atoms with van der Waals surface area (Å²) in [5.41, 5.74) is -2.47. The molecule has 2 fully saturated rings. The maximum atomic E-state index is 13.8. The summed E-state index contributed by atoms with van der Waals surface area (Å²) in [4.78, 5) is 5.76. The number of rotatable bonds is 7. The fourth-order valence-corrected chi connectivity index (χ4v) is 6.53. The molecule has 1 saturated heterocycles. The Labute approximate surface area is 230 Å². The second kappa shape index (κ2) is 9.72. The standard InChI is InChI=1S/C29H28ClF2N3O4/c1-4-18(13-33)11-10-17(2)29-23(19-8-6-5-7-9-19)20(14-35-15-27(31,32)16-35)25(36)28(29,37)24-21(39-29)12-22(30)34-26(24)38-3/h4-12,20,23,25,36-37H,2,14-16H2,1,3H3/b11-10-,18-4+/t20-,23-,25-,28+,29+/m1/s1. The molecule has 204 valence electrons. The summed E-state index contributed by atoms with van der Waals surface area (Å²) >= 11 is 6.24. The van der Waals surface area contributed by atoms with Crippen LogP contribution in [0.1, 0.15) is 24.0 Å². The summed E-state index contributed by atoms with van der Waals surface area (Å²) < 4.78 is 39.7. The molecule has 7 nitrogen and oxygen atoms in total. The number of hydrogen-bond donors (Lipinski definition) is 2. The lowest BCUT2D eigenvalue weighted by atomic mass is 9.70. The van der Waals surface area contributed by atoms with Crippen LogP contribution in [-0.2, 0) is 5.60 Å². The number of allylic oxidation sites excluding steroid dienone is 3. The number of aromatic nitrogens is 1. The average molecular weight is 556 g/mol. The van der Waals surface area contributed by atoms with Crippen LogP contribution in [0.5, 0.6) is 11.6 Å². The highest BCUT2D eigenvalue weighted by atomic mass is 35.5. The Bertz CT molecular complexity index is 1400. The van der Waals surface area contributed by atoms with Gasteiger partial charge in [0, 0.05) is 30.0 Å². The van der Waals surface area contributed by atoms with Gasteiger partial charge in [0.1, 0.15) is 10.9 Å². The van der Waals surface area contributed by atoms with E-state index in [1.165, 1.54) is 13.2 Å². The quantitative estimate of drug-likeness (QED) is 0.297. The molecule has 2 aromatic rings. The van der Waals surface area contributed by atoms with Gasteiger partial charge in [-0.15, -0.1) is 0 Å². The predicted octanol–water partition coefficient (Wildman–Crippen LogP) is 4.37. The molecule has 5 atom stereocenters. The van der Waals surface area contributed by atoms with Crippen molar-refractivity contribution in [3.05, 3.63) is 88.6 Å². The van der Waals surface area contributed by atoms with Crippen molar-refractivity contribution in [3.63, 3.8) is 0 Å². The van der Waals surface area contributed by atoms with Crippen molar-refractivity contribution in [1.82, 2.24) is 9.88 Å². The maximum Gasteiger partial charge on any atom is 0.272 e. The van der Waals surface area contributed by atoms with Gasteiger partial charge in [-0.25, -0.2) is 13.8 Å². The van der Waals surface area contributed by atoms with Gasteiger partial charge in [-0.1, -0.05) is 60.7 Å². The van der Waals surface area contributed by atoms with Crippen molar-refractivity contribution in [1.29, 1.82) is 5.26 Å². The van der Waals surface area contributed by atoms with Crippen LogP contribution in [0.2, 0.25) is 5.15 Å². The van der Waals surface area contributed by atoms with E-state index < -0.39 is 48.2 Å². The van der Waals surface area contributed by atoms with Crippen molar-refractivity contribution in [2.45, 2.75) is 36.1 Å². The summed E-state index contributed by atoms with van der Waals surface area (Å²) in [6, 6.07) is 12.6. The molecule has 3 aliphatic rings. The minimum atomic E-state index is -2.81. The third-order valence-corrected chi connectivity index (χ3v) is 8.14. The Morgan fingerprint density at radius 1 is 1.33 bits per heavy atom. The zero-order chi connectivity index (χ0) is 28.2. The van der Waals surface area contributed by atoms with E-state index in [2.05, 4.69) is 17.6 Å². The van der Waals surface area contributed by atoms with Gasteiger partial charge in [0.2, 0.25) is 5.88 Å². The van der Waals surface area contributed by atoms with Gasteiger partial charge in [0.25, 0.3) is 5.92 Å². The summed E-state index contributed by atoms with van der Waals surface area (Å²) in [5, 5.41) is 34.2. The van der Waals surface area contributed by atoms with Crippen molar-refractivity contribution < 1.29 is 28.5 Å². The van der Waals surface area contributed by atoms with Gasteiger partial charge in [-0.3, -0.25) is 4.90 Å². The lowest BCUT2D eigenvalue weighted by Gasteiger charge is -2.43. The minimum absolute atomic E-state index is 0.0354. The Balaban J connectivity index is 1.75. The van der Waals surface area contributed by atoms with Crippen molar-refractivity contribution in [3.8, 4) is 17.7 Å². The molecule has 0 amide bonds. The smallest absolute Gasteiger partial charge is 0.272 e. The van der Waals surface area contributed by atoms with E-state index in [9.17, 15) is 24.3 Å². The van der Waals surface area contributed by atoms with Crippen molar-refractivity contribution >= 4 is 11.6 Å². The van der Waals surface area contributed by atoms with E-state index in [0.29, 0.717) is 11.1 Å². The molecule has 0 bridgehead atoms. The number of nitrogens with zero attached hydrogens (tertiary/aromatic N) is 3. The van der Waals surface area contributed by atoms with E-state index in [1.807, 2.05) is 30.3 Å².